The Labute approximate surface area is 81.9 Å². The molecule has 0 bridgehead atoms. The lowest BCUT2D eigenvalue weighted by molar-refractivity contribution is 0.399. The quantitative estimate of drug-likeness (QED) is 0.776. The lowest BCUT2D eigenvalue weighted by Crippen LogP contribution is -2.31. The topological polar surface area (TPSA) is 59.0 Å². The van der Waals surface area contributed by atoms with Crippen molar-refractivity contribution >= 4 is 0 Å². The van der Waals surface area contributed by atoms with Gasteiger partial charge in [-0.3, -0.25) is 0 Å². The molecule has 0 saturated carbocycles. The van der Waals surface area contributed by atoms with Gasteiger partial charge >= 0.3 is 0 Å². The highest BCUT2D eigenvalue weighted by atomic mass is 19.1. The van der Waals surface area contributed by atoms with E-state index in [0.717, 1.165) is 0 Å². The van der Waals surface area contributed by atoms with Gasteiger partial charge < -0.3 is 10.5 Å². The Morgan fingerprint density at radius 2 is 2.21 bits per heavy atom. The Morgan fingerprint density at radius 1 is 1.57 bits per heavy atom. The molecule has 0 heterocycles. The Kier molecular flexibility index (Phi) is 2.73. The molecule has 14 heavy (non-hydrogen) atoms. The Morgan fingerprint density at radius 3 is 2.71 bits per heavy atom. The van der Waals surface area contributed by atoms with Gasteiger partial charge in [-0.2, -0.15) is 5.26 Å². The predicted octanol–water partition coefficient (Wildman–Crippen LogP) is 1.53. The highest BCUT2D eigenvalue weighted by Gasteiger charge is 2.25. The highest BCUT2D eigenvalue weighted by Crippen LogP contribution is 2.28. The van der Waals surface area contributed by atoms with Gasteiger partial charge in [0.2, 0.25) is 0 Å². The molecule has 0 amide bonds. The standard InChI is InChI=1S/C10H11FN2O/c1-10(13,6-12)8-5-7(11)3-4-9(8)14-2/h3-5H,13H2,1-2H3. The second-order valence-electron chi connectivity index (χ2n) is 3.16. The first-order valence-electron chi connectivity index (χ1n) is 4.05. The van der Waals surface area contributed by atoms with Gasteiger partial charge in [0.1, 0.15) is 17.1 Å². The molecule has 0 aliphatic heterocycles. The van der Waals surface area contributed by atoms with Gasteiger partial charge in [-0.25, -0.2) is 4.39 Å². The van der Waals surface area contributed by atoms with E-state index in [1.54, 1.807) is 0 Å². The van der Waals surface area contributed by atoms with Crippen molar-refractivity contribution in [2.45, 2.75) is 12.5 Å². The van der Waals surface area contributed by atoms with E-state index in [9.17, 15) is 4.39 Å². The van der Waals surface area contributed by atoms with E-state index in [0.29, 0.717) is 11.3 Å². The molecule has 0 radical (unpaired) electrons. The molecule has 0 spiro atoms. The van der Waals surface area contributed by atoms with Crippen molar-refractivity contribution in [1.82, 2.24) is 0 Å². The first kappa shape index (κ1) is 10.5. The normalized spacial score (nSPS) is 14.2. The number of hydrogen-bond acceptors (Lipinski definition) is 3. The minimum absolute atomic E-state index is 0.350. The van der Waals surface area contributed by atoms with Crippen molar-refractivity contribution in [3.8, 4) is 11.8 Å². The van der Waals surface area contributed by atoms with Gasteiger partial charge in [-0.1, -0.05) is 0 Å². The maximum Gasteiger partial charge on any atom is 0.130 e. The molecule has 1 aromatic carbocycles. The number of halogens is 1. The van der Waals surface area contributed by atoms with Crippen LogP contribution in [0.1, 0.15) is 12.5 Å². The van der Waals surface area contributed by atoms with Crippen LogP contribution in [0.3, 0.4) is 0 Å². The fourth-order valence-corrected chi connectivity index (χ4v) is 1.15. The molecule has 2 N–H and O–H groups in total. The predicted molar refractivity (Wildman–Crippen MR) is 50.1 cm³/mol. The molecule has 1 atom stereocenters. The Bertz CT molecular complexity index is 382. The summed E-state index contributed by atoms with van der Waals surface area (Å²) in [6, 6.07) is 5.81. The number of hydrogen-bond donors (Lipinski definition) is 1. The Balaban J connectivity index is 3.32. The summed E-state index contributed by atoms with van der Waals surface area (Å²) in [6.07, 6.45) is 0. The zero-order valence-corrected chi connectivity index (χ0v) is 8.04. The SMILES string of the molecule is COc1ccc(F)cc1C(C)(N)C#N. The summed E-state index contributed by atoms with van der Waals surface area (Å²) in [5.74, 6) is -0.0225. The van der Waals surface area contributed by atoms with Crippen LogP contribution in [0.2, 0.25) is 0 Å². The van der Waals surface area contributed by atoms with Crippen LogP contribution in [-0.2, 0) is 5.54 Å². The van der Waals surface area contributed by atoms with Crippen LogP contribution in [0.15, 0.2) is 18.2 Å². The van der Waals surface area contributed by atoms with E-state index in [4.69, 9.17) is 15.7 Å². The van der Waals surface area contributed by atoms with Crippen LogP contribution >= 0.6 is 0 Å². The molecule has 74 valence electrons. The molecule has 1 rings (SSSR count). The minimum Gasteiger partial charge on any atom is -0.496 e. The maximum absolute atomic E-state index is 12.9. The van der Waals surface area contributed by atoms with E-state index in [1.165, 1.54) is 32.2 Å². The van der Waals surface area contributed by atoms with Crippen molar-refractivity contribution in [1.29, 1.82) is 5.26 Å². The molecule has 1 unspecified atom stereocenters. The molecule has 1 aromatic rings. The Hall–Kier alpha value is -1.60. The summed E-state index contributed by atoms with van der Waals surface area (Å²) >= 11 is 0. The number of nitriles is 1. The van der Waals surface area contributed by atoms with Gasteiger partial charge in [0, 0.05) is 5.56 Å². The van der Waals surface area contributed by atoms with Gasteiger partial charge in [-0.15, -0.1) is 0 Å². The summed E-state index contributed by atoms with van der Waals surface area (Å²) < 4.78 is 17.9. The van der Waals surface area contributed by atoms with Crippen LogP contribution in [0, 0.1) is 17.1 Å². The van der Waals surface area contributed by atoms with E-state index in [2.05, 4.69) is 0 Å². The number of ether oxygens (including phenoxy) is 1. The molecule has 0 aromatic heterocycles. The third kappa shape index (κ3) is 1.83. The number of methoxy groups -OCH3 is 1. The first-order valence-corrected chi connectivity index (χ1v) is 4.05. The zero-order chi connectivity index (χ0) is 10.8. The first-order chi connectivity index (χ1) is 6.51. The van der Waals surface area contributed by atoms with E-state index in [1.807, 2.05) is 6.07 Å². The summed E-state index contributed by atoms with van der Waals surface area (Å²) in [5.41, 5.74) is 4.78. The molecular formula is C10H11FN2O. The van der Waals surface area contributed by atoms with Crippen LogP contribution in [0.4, 0.5) is 4.39 Å². The maximum atomic E-state index is 12.9. The van der Waals surface area contributed by atoms with Crippen molar-refractivity contribution in [2.24, 2.45) is 5.73 Å². The second-order valence-corrected chi connectivity index (χ2v) is 3.16. The smallest absolute Gasteiger partial charge is 0.130 e. The van der Waals surface area contributed by atoms with E-state index >= 15 is 0 Å². The van der Waals surface area contributed by atoms with Crippen LogP contribution in [0.25, 0.3) is 0 Å². The van der Waals surface area contributed by atoms with Crippen LogP contribution in [0.5, 0.6) is 5.75 Å². The molecule has 3 nitrogen and oxygen atoms in total. The van der Waals surface area contributed by atoms with Gasteiger partial charge in [0.15, 0.2) is 0 Å². The average Bonchev–Trinajstić information content (AvgIpc) is 2.18. The average molecular weight is 194 g/mol. The lowest BCUT2D eigenvalue weighted by Gasteiger charge is -2.18. The van der Waals surface area contributed by atoms with Crippen molar-refractivity contribution in [2.75, 3.05) is 7.11 Å². The number of benzene rings is 1. The summed E-state index contributed by atoms with van der Waals surface area (Å²) in [7, 11) is 1.45. The monoisotopic (exact) mass is 194 g/mol. The van der Waals surface area contributed by atoms with Gasteiger partial charge in [0.25, 0.3) is 0 Å². The van der Waals surface area contributed by atoms with E-state index < -0.39 is 11.4 Å². The second kappa shape index (κ2) is 3.64. The molecule has 0 saturated heterocycles. The molecular weight excluding hydrogens is 183 g/mol. The fourth-order valence-electron chi connectivity index (χ4n) is 1.15. The minimum atomic E-state index is -1.24. The largest absolute Gasteiger partial charge is 0.496 e. The van der Waals surface area contributed by atoms with Gasteiger partial charge in [0.05, 0.1) is 13.2 Å². The van der Waals surface area contributed by atoms with Crippen LogP contribution in [-0.4, -0.2) is 7.11 Å². The number of rotatable bonds is 2. The van der Waals surface area contributed by atoms with Gasteiger partial charge in [-0.05, 0) is 25.1 Å². The fraction of sp³-hybridized carbons (Fsp3) is 0.300. The van der Waals surface area contributed by atoms with E-state index in [-0.39, 0.29) is 0 Å². The summed E-state index contributed by atoms with van der Waals surface area (Å²) in [5, 5.41) is 8.81. The number of nitrogens with two attached hydrogens (primary N) is 1. The molecule has 0 aliphatic carbocycles. The van der Waals surface area contributed by atoms with Crippen molar-refractivity contribution < 1.29 is 9.13 Å². The zero-order valence-electron chi connectivity index (χ0n) is 8.04. The van der Waals surface area contributed by atoms with Crippen molar-refractivity contribution in [3.63, 3.8) is 0 Å². The van der Waals surface area contributed by atoms with Crippen LogP contribution < -0.4 is 10.5 Å². The lowest BCUT2D eigenvalue weighted by atomic mass is 9.94. The van der Waals surface area contributed by atoms with Crippen molar-refractivity contribution in [3.05, 3.63) is 29.6 Å². The third-order valence-corrected chi connectivity index (χ3v) is 1.95. The number of nitrogens with zero attached hydrogens (tertiary/aromatic N) is 1. The molecule has 0 fully saturated rings. The summed E-state index contributed by atoms with van der Waals surface area (Å²) in [6.45, 7) is 1.50. The highest BCUT2D eigenvalue weighted by molar-refractivity contribution is 5.42. The third-order valence-electron chi connectivity index (χ3n) is 1.95. The molecule has 0 aliphatic rings. The molecule has 4 heteroatoms. The summed E-state index contributed by atoms with van der Waals surface area (Å²) in [4.78, 5) is 0.